The van der Waals surface area contributed by atoms with Crippen molar-refractivity contribution in [3.8, 4) is 22.3 Å². The number of rotatable bonds is 2. The second-order valence-corrected chi connectivity index (χ2v) is 10.6. The molecule has 0 atom stereocenters. The second kappa shape index (κ2) is 7.99. The summed E-state index contributed by atoms with van der Waals surface area (Å²) in [6, 6.07) is 42.0. The predicted octanol–water partition coefficient (Wildman–Crippen LogP) is 10.2. The number of fused-ring (bicyclic) bond motifs is 9. The number of pyridine rings is 1. The fraction of sp³-hybridized carbons (Fsp3) is 0. The monoisotopic (exact) mass is 487 g/mol. The molecule has 0 spiro atoms. The Kier molecular flexibility index (Phi) is 4.46. The summed E-state index contributed by atoms with van der Waals surface area (Å²) >= 11 is 1.88. The molecule has 0 aliphatic carbocycles. The van der Waals surface area contributed by atoms with Crippen LogP contribution >= 0.6 is 11.3 Å². The zero-order chi connectivity index (χ0) is 24.3. The van der Waals surface area contributed by atoms with Gasteiger partial charge in [-0.15, -0.1) is 11.3 Å². The van der Waals surface area contributed by atoms with Gasteiger partial charge in [-0.25, -0.2) is 0 Å². The highest BCUT2D eigenvalue weighted by Crippen LogP contribution is 2.41. The van der Waals surface area contributed by atoms with Crippen LogP contribution in [0.4, 0.5) is 0 Å². The summed E-state index contributed by atoms with van der Waals surface area (Å²) in [4.78, 5) is 4.47. The molecule has 2 aromatic heterocycles. The van der Waals surface area contributed by atoms with Crippen LogP contribution in [0.5, 0.6) is 0 Å². The Balaban J connectivity index is 1.34. The molecule has 2 heteroatoms. The number of thiophene rings is 1. The molecule has 37 heavy (non-hydrogen) atoms. The largest absolute Gasteiger partial charge is 0.264 e. The van der Waals surface area contributed by atoms with Crippen LogP contribution in [0.15, 0.2) is 128 Å². The first-order valence-electron chi connectivity index (χ1n) is 12.5. The molecule has 0 bridgehead atoms. The van der Waals surface area contributed by atoms with Crippen LogP contribution in [0.3, 0.4) is 0 Å². The number of benzene rings is 6. The molecule has 2 heterocycles. The van der Waals surface area contributed by atoms with Crippen LogP contribution < -0.4 is 0 Å². The van der Waals surface area contributed by atoms with Crippen LogP contribution in [0.25, 0.3) is 74.7 Å². The topological polar surface area (TPSA) is 12.9 Å². The average molecular weight is 488 g/mol. The van der Waals surface area contributed by atoms with Crippen molar-refractivity contribution >= 4 is 63.8 Å². The maximum atomic E-state index is 4.47. The quantitative estimate of drug-likeness (QED) is 0.221. The molecule has 0 fully saturated rings. The Morgan fingerprint density at radius 3 is 2.00 bits per heavy atom. The lowest BCUT2D eigenvalue weighted by Gasteiger charge is -2.12. The average Bonchev–Trinajstić information content (AvgIpc) is 3.36. The number of hydrogen-bond donors (Lipinski definition) is 0. The summed E-state index contributed by atoms with van der Waals surface area (Å²) in [6.45, 7) is 0. The number of nitrogens with zero attached hydrogens (tertiary/aromatic N) is 1. The maximum Gasteiger partial charge on any atom is 0.0433 e. The van der Waals surface area contributed by atoms with E-state index >= 15 is 0 Å². The molecule has 8 rings (SSSR count). The van der Waals surface area contributed by atoms with Gasteiger partial charge in [0.1, 0.15) is 0 Å². The summed E-state index contributed by atoms with van der Waals surface area (Å²) in [5, 5.41) is 10.2. The van der Waals surface area contributed by atoms with Crippen molar-refractivity contribution in [3.05, 3.63) is 128 Å². The van der Waals surface area contributed by atoms with E-state index in [9.17, 15) is 0 Å². The van der Waals surface area contributed by atoms with Gasteiger partial charge in [-0.2, -0.15) is 0 Å². The fourth-order valence-corrected chi connectivity index (χ4v) is 7.06. The molecular formula is C35H21NS. The normalized spacial score (nSPS) is 11.8. The van der Waals surface area contributed by atoms with E-state index in [0.717, 1.165) is 0 Å². The lowest BCUT2D eigenvalue weighted by Crippen LogP contribution is -1.86. The molecular weight excluding hydrogens is 466 g/mol. The smallest absolute Gasteiger partial charge is 0.0433 e. The molecule has 0 aliphatic rings. The molecule has 0 saturated heterocycles. The summed E-state index contributed by atoms with van der Waals surface area (Å²) in [5.74, 6) is 0. The zero-order valence-electron chi connectivity index (χ0n) is 20.0. The van der Waals surface area contributed by atoms with Gasteiger partial charge in [0.25, 0.3) is 0 Å². The number of hydrogen-bond acceptors (Lipinski definition) is 2. The highest BCUT2D eigenvalue weighted by atomic mass is 32.1. The van der Waals surface area contributed by atoms with Crippen LogP contribution in [0.2, 0.25) is 0 Å². The van der Waals surface area contributed by atoms with Crippen molar-refractivity contribution in [1.82, 2.24) is 4.98 Å². The van der Waals surface area contributed by atoms with E-state index in [0.29, 0.717) is 0 Å². The third-order valence-electron chi connectivity index (χ3n) is 7.55. The highest BCUT2D eigenvalue weighted by Gasteiger charge is 2.12. The molecule has 6 aromatic carbocycles. The minimum Gasteiger partial charge on any atom is -0.264 e. The third kappa shape index (κ3) is 3.13. The van der Waals surface area contributed by atoms with E-state index in [-0.39, 0.29) is 0 Å². The summed E-state index contributed by atoms with van der Waals surface area (Å²) in [7, 11) is 0. The molecule has 0 saturated carbocycles. The molecule has 0 aliphatic heterocycles. The fourth-order valence-electron chi connectivity index (χ4n) is 5.82. The van der Waals surface area contributed by atoms with Crippen LogP contribution in [-0.4, -0.2) is 4.98 Å². The van der Waals surface area contributed by atoms with Crippen LogP contribution in [0, 0.1) is 0 Å². The van der Waals surface area contributed by atoms with Crippen LogP contribution in [-0.2, 0) is 0 Å². The van der Waals surface area contributed by atoms with Crippen molar-refractivity contribution in [2.75, 3.05) is 0 Å². The third-order valence-corrected chi connectivity index (χ3v) is 8.77. The Labute approximate surface area is 218 Å². The van der Waals surface area contributed by atoms with E-state index in [1.807, 2.05) is 23.7 Å². The van der Waals surface area contributed by atoms with E-state index in [4.69, 9.17) is 0 Å². The minimum absolute atomic E-state index is 1.20. The van der Waals surface area contributed by atoms with Gasteiger partial charge in [-0.3, -0.25) is 4.98 Å². The van der Waals surface area contributed by atoms with Gasteiger partial charge in [-0.1, -0.05) is 91.0 Å². The van der Waals surface area contributed by atoms with Gasteiger partial charge < -0.3 is 0 Å². The van der Waals surface area contributed by atoms with E-state index in [1.54, 1.807) is 0 Å². The first kappa shape index (κ1) is 20.6. The SMILES string of the molecule is c1cc(-c2ccc3c4ccccc4c4ccncc4c3c2)cc(-c2cccc3c2sc2ccccc23)c1. The molecule has 0 amide bonds. The molecule has 0 N–H and O–H groups in total. The van der Waals surface area contributed by atoms with Crippen molar-refractivity contribution in [3.63, 3.8) is 0 Å². The number of aromatic nitrogens is 1. The maximum absolute atomic E-state index is 4.47. The zero-order valence-corrected chi connectivity index (χ0v) is 20.8. The van der Waals surface area contributed by atoms with Crippen molar-refractivity contribution in [2.45, 2.75) is 0 Å². The van der Waals surface area contributed by atoms with Gasteiger partial charge in [0.05, 0.1) is 0 Å². The Bertz CT molecular complexity index is 2120. The molecule has 0 radical (unpaired) electrons. The summed E-state index contributed by atoms with van der Waals surface area (Å²) < 4.78 is 2.69. The van der Waals surface area contributed by atoms with E-state index in [2.05, 4.69) is 120 Å². The van der Waals surface area contributed by atoms with E-state index < -0.39 is 0 Å². The molecule has 172 valence electrons. The molecule has 1 nitrogen and oxygen atoms in total. The van der Waals surface area contributed by atoms with Crippen molar-refractivity contribution in [2.24, 2.45) is 0 Å². The van der Waals surface area contributed by atoms with Gasteiger partial charge in [-0.05, 0) is 73.5 Å². The second-order valence-electron chi connectivity index (χ2n) is 9.59. The van der Waals surface area contributed by atoms with Crippen LogP contribution in [0.1, 0.15) is 0 Å². The lowest BCUT2D eigenvalue weighted by atomic mass is 9.92. The van der Waals surface area contributed by atoms with Crippen molar-refractivity contribution in [1.29, 1.82) is 0 Å². The van der Waals surface area contributed by atoms with Gasteiger partial charge in [0.15, 0.2) is 0 Å². The Morgan fingerprint density at radius 1 is 0.432 bits per heavy atom. The van der Waals surface area contributed by atoms with Gasteiger partial charge >= 0.3 is 0 Å². The summed E-state index contributed by atoms with van der Waals surface area (Å²) in [6.07, 6.45) is 3.90. The highest BCUT2D eigenvalue weighted by molar-refractivity contribution is 7.26. The van der Waals surface area contributed by atoms with Crippen molar-refractivity contribution < 1.29 is 0 Å². The van der Waals surface area contributed by atoms with Gasteiger partial charge in [0, 0.05) is 38.0 Å². The standard InChI is InChI=1S/C35H21NS/c1-2-10-27-26(9-1)28-16-15-23(20-32(28)33-21-36-18-17-29(27)33)22-7-5-8-24(19-22)25-12-6-13-31-30-11-3-4-14-34(30)37-35(25)31/h1-21H. The summed E-state index contributed by atoms with van der Waals surface area (Å²) in [5.41, 5.74) is 4.99. The molecule has 0 unspecified atom stereocenters. The van der Waals surface area contributed by atoms with Gasteiger partial charge in [0.2, 0.25) is 0 Å². The minimum atomic E-state index is 1.20. The molecule has 8 aromatic rings. The first-order valence-corrected chi connectivity index (χ1v) is 13.4. The Hall–Kier alpha value is -4.53. The Morgan fingerprint density at radius 2 is 1.11 bits per heavy atom. The predicted molar refractivity (Wildman–Crippen MR) is 161 cm³/mol. The first-order chi connectivity index (χ1) is 18.3. The lowest BCUT2D eigenvalue weighted by molar-refractivity contribution is 1.37. The van der Waals surface area contributed by atoms with E-state index in [1.165, 1.54) is 74.7 Å².